The van der Waals surface area contributed by atoms with Crippen molar-refractivity contribution in [3.63, 3.8) is 0 Å². The highest BCUT2D eigenvalue weighted by molar-refractivity contribution is 5.87. The number of likely N-dealkylation sites (N-methyl/N-ethyl adjacent to an activating group) is 1. The van der Waals surface area contributed by atoms with Gasteiger partial charge in [0.25, 0.3) is 0 Å². The first-order chi connectivity index (χ1) is 20.6. The lowest BCUT2D eigenvalue weighted by Gasteiger charge is -2.42. The third kappa shape index (κ3) is 5.37. The first-order valence-corrected chi connectivity index (χ1v) is 14.8. The molecule has 0 N–H and O–H groups in total. The van der Waals surface area contributed by atoms with Gasteiger partial charge in [-0.25, -0.2) is 0 Å². The summed E-state index contributed by atoms with van der Waals surface area (Å²) >= 11 is 0. The number of aromatic nitrogens is 2. The maximum absolute atomic E-state index is 14.2. The fraction of sp³-hybridized carbons (Fsp3) is 0.500. The van der Waals surface area contributed by atoms with Crippen molar-refractivity contribution in [2.45, 2.75) is 62.2 Å². The van der Waals surface area contributed by atoms with Crippen molar-refractivity contribution in [2.75, 3.05) is 44.7 Å². The van der Waals surface area contributed by atoms with Crippen LogP contribution >= 0.6 is 0 Å². The lowest BCUT2D eigenvalue weighted by Crippen LogP contribution is -2.55. The lowest BCUT2D eigenvalue weighted by atomic mass is 9.70. The summed E-state index contributed by atoms with van der Waals surface area (Å²) in [6.07, 6.45) is 1.72. The summed E-state index contributed by atoms with van der Waals surface area (Å²) in [5.74, 6) is 0.456. The van der Waals surface area contributed by atoms with Gasteiger partial charge in [0.05, 0.1) is 29.8 Å². The number of carbonyl (C=O) groups excluding carboxylic acids is 1. The zero-order chi connectivity index (χ0) is 30.4. The molecule has 226 valence electrons. The second-order valence-electron chi connectivity index (χ2n) is 12.0. The predicted octanol–water partition coefficient (Wildman–Crippen LogP) is 4.45. The Kier molecular flexibility index (Phi) is 7.67. The highest BCUT2D eigenvalue weighted by Gasteiger charge is 2.49. The number of nitriles is 1. The van der Waals surface area contributed by atoms with E-state index in [2.05, 4.69) is 29.5 Å². The van der Waals surface area contributed by atoms with E-state index in [1.807, 2.05) is 0 Å². The number of hydrogen-bond acceptors (Lipinski definition) is 7. The van der Waals surface area contributed by atoms with E-state index >= 15 is 0 Å². The van der Waals surface area contributed by atoms with E-state index < -0.39 is 17.2 Å². The highest BCUT2D eigenvalue weighted by Crippen LogP contribution is 2.53. The third-order valence-corrected chi connectivity index (χ3v) is 9.48. The monoisotopic (exact) mass is 592 g/mol. The second-order valence-corrected chi connectivity index (χ2v) is 12.0. The number of ether oxygens (including phenoxy) is 1. The zero-order valence-electron chi connectivity index (χ0n) is 24.2. The van der Waals surface area contributed by atoms with Crippen molar-refractivity contribution in [1.29, 1.82) is 5.26 Å². The third-order valence-electron chi connectivity index (χ3n) is 9.48. The molecule has 11 heteroatoms. The Morgan fingerprint density at radius 3 is 2.77 bits per heavy atom. The number of likely N-dealkylation sites (tertiary alicyclic amines) is 1. The van der Waals surface area contributed by atoms with Crippen LogP contribution in [0, 0.1) is 11.3 Å². The van der Waals surface area contributed by atoms with Gasteiger partial charge < -0.3 is 19.4 Å². The van der Waals surface area contributed by atoms with Gasteiger partial charge in [-0.2, -0.15) is 28.4 Å². The van der Waals surface area contributed by atoms with Crippen molar-refractivity contribution >= 4 is 17.3 Å². The number of rotatable bonds is 6. The number of alkyl halides is 3. The molecule has 43 heavy (non-hydrogen) atoms. The van der Waals surface area contributed by atoms with Crippen LogP contribution in [0.2, 0.25) is 0 Å². The van der Waals surface area contributed by atoms with Crippen LogP contribution in [0.15, 0.2) is 43.0 Å². The van der Waals surface area contributed by atoms with Gasteiger partial charge in [0.1, 0.15) is 12.4 Å². The van der Waals surface area contributed by atoms with Gasteiger partial charge in [-0.1, -0.05) is 36.9 Å². The number of piperazine rings is 1. The molecule has 0 bridgehead atoms. The number of hydrogen-bond donors (Lipinski definition) is 0. The molecule has 3 atom stereocenters. The van der Waals surface area contributed by atoms with Crippen LogP contribution in [0.4, 0.5) is 19.0 Å². The Morgan fingerprint density at radius 1 is 1.23 bits per heavy atom. The minimum Gasteiger partial charge on any atom is -0.462 e. The first kappa shape index (κ1) is 29.2. The quantitative estimate of drug-likeness (QED) is 0.458. The second kappa shape index (κ2) is 11.3. The molecule has 0 radical (unpaired) electrons. The molecule has 1 aromatic heterocycles. The standard InChI is InChI=1S/C32H35F3N6O2/c1-3-28(42)41-16-15-40(19-21(41)11-13-36)29-24-10-12-31(17-26(32(33,34)35)23-8-4-5-9-25(23)31)18-27(24)37-30(38-29)43-20-22-7-6-14-39(22)2/h3-5,8-9,17,21-22H,1,6-7,10-12,14-16,18-20H2,2H3/t21-,22-,31+/m0/s1. The summed E-state index contributed by atoms with van der Waals surface area (Å²) in [6, 6.07) is 9.08. The van der Waals surface area contributed by atoms with Crippen LogP contribution in [0.25, 0.3) is 5.57 Å². The Morgan fingerprint density at radius 2 is 2.05 bits per heavy atom. The van der Waals surface area contributed by atoms with Gasteiger partial charge in [0, 0.05) is 43.1 Å². The summed E-state index contributed by atoms with van der Waals surface area (Å²) in [5, 5.41) is 9.49. The van der Waals surface area contributed by atoms with Gasteiger partial charge in [-0.3, -0.25) is 4.79 Å². The van der Waals surface area contributed by atoms with Gasteiger partial charge in [-0.15, -0.1) is 0 Å². The van der Waals surface area contributed by atoms with Gasteiger partial charge in [-0.05, 0) is 56.5 Å². The molecule has 2 aliphatic carbocycles. The number of anilines is 1. The van der Waals surface area contributed by atoms with E-state index in [0.717, 1.165) is 24.9 Å². The number of benzene rings is 1. The van der Waals surface area contributed by atoms with Crippen LogP contribution in [-0.2, 0) is 23.1 Å². The summed E-state index contributed by atoms with van der Waals surface area (Å²) in [6.45, 7) is 6.29. The SMILES string of the molecule is C=CC(=O)N1CCN(c2nc(OC[C@@H]3CCCN3C)nc3c2CC[C@@]2(C=C(C(F)(F)F)c4ccccc42)C3)C[C@@H]1CC#N. The molecule has 2 aromatic rings. The number of allylic oxidation sites excluding steroid dienone is 2. The van der Waals surface area contributed by atoms with E-state index in [4.69, 9.17) is 14.7 Å². The average molecular weight is 593 g/mol. The Bertz CT molecular complexity index is 1500. The van der Waals surface area contributed by atoms with Crippen molar-refractivity contribution < 1.29 is 22.7 Å². The molecule has 4 aliphatic rings. The zero-order valence-corrected chi connectivity index (χ0v) is 24.2. The van der Waals surface area contributed by atoms with Crippen molar-refractivity contribution in [1.82, 2.24) is 19.8 Å². The van der Waals surface area contributed by atoms with Gasteiger partial charge in [0.2, 0.25) is 5.91 Å². The molecule has 6 rings (SSSR count). The van der Waals surface area contributed by atoms with Gasteiger partial charge in [0.15, 0.2) is 0 Å². The maximum Gasteiger partial charge on any atom is 0.416 e. The smallest absolute Gasteiger partial charge is 0.416 e. The number of nitrogens with zero attached hydrogens (tertiary/aromatic N) is 6. The van der Waals surface area contributed by atoms with Crippen LogP contribution in [0.1, 0.15) is 48.1 Å². The number of halogens is 3. The molecule has 2 saturated heterocycles. The molecule has 8 nitrogen and oxygen atoms in total. The van der Waals surface area contributed by atoms with Crippen LogP contribution < -0.4 is 9.64 Å². The van der Waals surface area contributed by atoms with Crippen LogP contribution in [-0.4, -0.2) is 83.8 Å². The number of carbonyl (C=O) groups is 1. The molecule has 3 heterocycles. The predicted molar refractivity (Wildman–Crippen MR) is 155 cm³/mol. The summed E-state index contributed by atoms with van der Waals surface area (Å²) < 4.78 is 48.7. The topological polar surface area (TPSA) is 85.6 Å². The van der Waals surface area contributed by atoms with E-state index in [1.54, 1.807) is 29.2 Å². The van der Waals surface area contributed by atoms with E-state index in [0.29, 0.717) is 62.6 Å². The van der Waals surface area contributed by atoms with Crippen LogP contribution in [0.5, 0.6) is 6.01 Å². The number of fused-ring (bicyclic) bond motifs is 3. The Hall–Kier alpha value is -3.91. The number of amides is 1. The first-order valence-electron chi connectivity index (χ1n) is 14.8. The Labute approximate surface area is 249 Å². The molecular weight excluding hydrogens is 557 g/mol. The van der Waals surface area contributed by atoms with Gasteiger partial charge >= 0.3 is 12.2 Å². The van der Waals surface area contributed by atoms with Crippen molar-refractivity contribution in [2.24, 2.45) is 0 Å². The molecule has 1 aromatic carbocycles. The normalized spacial score (nSPS) is 25.2. The molecular formula is C32H35F3N6O2. The summed E-state index contributed by atoms with van der Waals surface area (Å²) in [4.78, 5) is 28.2. The Balaban J connectivity index is 1.38. The molecule has 2 aliphatic heterocycles. The minimum atomic E-state index is -4.46. The molecule has 0 saturated carbocycles. The fourth-order valence-corrected chi connectivity index (χ4v) is 7.23. The van der Waals surface area contributed by atoms with Crippen LogP contribution in [0.3, 0.4) is 0 Å². The molecule has 2 fully saturated rings. The fourth-order valence-electron chi connectivity index (χ4n) is 7.23. The van der Waals surface area contributed by atoms with Crippen molar-refractivity contribution in [3.8, 4) is 12.1 Å². The largest absolute Gasteiger partial charge is 0.462 e. The summed E-state index contributed by atoms with van der Waals surface area (Å²) in [5.41, 5.74) is 1.05. The highest BCUT2D eigenvalue weighted by atomic mass is 19.4. The summed E-state index contributed by atoms with van der Waals surface area (Å²) in [7, 11) is 2.06. The molecule has 1 amide bonds. The average Bonchev–Trinajstić information content (AvgIpc) is 3.56. The van der Waals surface area contributed by atoms with E-state index in [-0.39, 0.29) is 36.0 Å². The van der Waals surface area contributed by atoms with Crippen molar-refractivity contribution in [3.05, 3.63) is 65.4 Å². The lowest BCUT2D eigenvalue weighted by molar-refractivity contribution is -0.128. The maximum atomic E-state index is 14.2. The molecule has 0 unspecified atom stereocenters. The van der Waals surface area contributed by atoms with E-state index in [9.17, 15) is 23.2 Å². The minimum absolute atomic E-state index is 0.158. The van der Waals surface area contributed by atoms with E-state index in [1.165, 1.54) is 12.2 Å². The molecule has 1 spiro atoms.